The Bertz CT molecular complexity index is 910. The van der Waals surface area contributed by atoms with Crippen LogP contribution in [0.2, 0.25) is 5.02 Å². The van der Waals surface area contributed by atoms with E-state index >= 15 is 0 Å². The standard InChI is InChI=1S/C19H18ClNO3S2/c1-22-14-10-9-13(16(23-2)17(14)24-3)15-18(26-19(21-15)25-4)11-5-7-12(20)8-6-11/h5-10H,1-4H3. The molecule has 2 aromatic carbocycles. The molecular weight excluding hydrogens is 390 g/mol. The van der Waals surface area contributed by atoms with Crippen molar-refractivity contribution in [1.29, 1.82) is 0 Å². The molecule has 1 heterocycles. The zero-order valence-corrected chi connectivity index (χ0v) is 17.2. The molecule has 0 aliphatic rings. The molecule has 0 atom stereocenters. The molecule has 0 radical (unpaired) electrons. The molecule has 0 saturated heterocycles. The molecule has 0 N–H and O–H groups in total. The van der Waals surface area contributed by atoms with Crippen LogP contribution in [0.4, 0.5) is 0 Å². The number of thiazole rings is 1. The molecule has 3 rings (SSSR count). The van der Waals surface area contributed by atoms with Gasteiger partial charge in [0, 0.05) is 10.6 Å². The van der Waals surface area contributed by atoms with E-state index in [-0.39, 0.29) is 0 Å². The van der Waals surface area contributed by atoms with Crippen molar-refractivity contribution < 1.29 is 14.2 Å². The Hall–Kier alpha value is -1.89. The van der Waals surface area contributed by atoms with E-state index in [1.165, 1.54) is 0 Å². The number of thioether (sulfide) groups is 1. The van der Waals surface area contributed by atoms with E-state index in [1.54, 1.807) is 44.4 Å². The summed E-state index contributed by atoms with van der Waals surface area (Å²) >= 11 is 9.29. The van der Waals surface area contributed by atoms with Gasteiger partial charge in [-0.05, 0) is 36.1 Å². The highest BCUT2D eigenvalue weighted by Gasteiger charge is 2.22. The summed E-state index contributed by atoms with van der Waals surface area (Å²) < 4.78 is 17.5. The zero-order chi connectivity index (χ0) is 18.7. The minimum absolute atomic E-state index is 0.549. The van der Waals surface area contributed by atoms with Gasteiger partial charge in [-0.15, -0.1) is 11.3 Å². The second-order valence-corrected chi connectivity index (χ2v) is 7.74. The quantitative estimate of drug-likeness (QED) is 0.477. The van der Waals surface area contributed by atoms with Crippen molar-refractivity contribution in [3.05, 3.63) is 41.4 Å². The maximum absolute atomic E-state index is 6.04. The van der Waals surface area contributed by atoms with Gasteiger partial charge in [0.25, 0.3) is 0 Å². The molecule has 0 saturated carbocycles. The van der Waals surface area contributed by atoms with Crippen molar-refractivity contribution in [1.82, 2.24) is 4.98 Å². The number of ether oxygens (including phenoxy) is 3. The van der Waals surface area contributed by atoms with Crippen molar-refractivity contribution in [2.45, 2.75) is 4.34 Å². The fraction of sp³-hybridized carbons (Fsp3) is 0.211. The average Bonchev–Trinajstić information content (AvgIpc) is 3.11. The SMILES string of the molecule is COc1ccc(-c2nc(SC)sc2-c2ccc(Cl)cc2)c(OC)c1OC. The van der Waals surface area contributed by atoms with E-state index in [2.05, 4.69) is 0 Å². The molecule has 0 unspecified atom stereocenters. The lowest BCUT2D eigenvalue weighted by Crippen LogP contribution is -1.97. The fourth-order valence-electron chi connectivity index (χ4n) is 2.66. The number of aromatic nitrogens is 1. The van der Waals surface area contributed by atoms with E-state index in [0.29, 0.717) is 22.3 Å². The Morgan fingerprint density at radius 3 is 2.19 bits per heavy atom. The lowest BCUT2D eigenvalue weighted by atomic mass is 10.0. The summed E-state index contributed by atoms with van der Waals surface area (Å²) in [5, 5.41) is 0.702. The van der Waals surface area contributed by atoms with Crippen LogP contribution in [0.25, 0.3) is 21.7 Å². The summed E-state index contributed by atoms with van der Waals surface area (Å²) in [4.78, 5) is 5.86. The smallest absolute Gasteiger partial charge is 0.203 e. The summed E-state index contributed by atoms with van der Waals surface area (Å²) in [5.74, 6) is 1.76. The summed E-state index contributed by atoms with van der Waals surface area (Å²) in [6.45, 7) is 0. The topological polar surface area (TPSA) is 40.6 Å². The van der Waals surface area contributed by atoms with Crippen LogP contribution < -0.4 is 14.2 Å². The summed E-state index contributed by atoms with van der Waals surface area (Å²) in [5.41, 5.74) is 2.75. The number of benzene rings is 2. The first-order chi connectivity index (χ1) is 12.6. The normalized spacial score (nSPS) is 10.7. The van der Waals surface area contributed by atoms with Gasteiger partial charge in [-0.25, -0.2) is 4.98 Å². The lowest BCUT2D eigenvalue weighted by molar-refractivity contribution is 0.325. The molecule has 26 heavy (non-hydrogen) atoms. The van der Waals surface area contributed by atoms with Crippen molar-refractivity contribution in [3.8, 4) is 38.9 Å². The second-order valence-electron chi connectivity index (χ2n) is 5.25. The maximum Gasteiger partial charge on any atom is 0.203 e. The van der Waals surface area contributed by atoms with Crippen LogP contribution >= 0.6 is 34.7 Å². The minimum Gasteiger partial charge on any atom is -0.493 e. The molecule has 0 amide bonds. The average molecular weight is 408 g/mol. The van der Waals surface area contributed by atoms with E-state index in [0.717, 1.165) is 26.0 Å². The molecule has 7 heteroatoms. The third-order valence-electron chi connectivity index (χ3n) is 3.85. The van der Waals surface area contributed by atoms with Crippen LogP contribution in [0.5, 0.6) is 17.2 Å². The third-order valence-corrected chi connectivity index (χ3v) is 6.19. The van der Waals surface area contributed by atoms with Crippen LogP contribution in [0.3, 0.4) is 0 Å². The van der Waals surface area contributed by atoms with Gasteiger partial charge in [-0.2, -0.15) is 0 Å². The van der Waals surface area contributed by atoms with Gasteiger partial charge in [0.15, 0.2) is 15.8 Å². The Balaban J connectivity index is 2.24. The second kappa shape index (κ2) is 8.20. The molecule has 0 fully saturated rings. The molecule has 0 spiro atoms. The summed E-state index contributed by atoms with van der Waals surface area (Å²) in [6, 6.07) is 11.6. The van der Waals surface area contributed by atoms with Crippen molar-refractivity contribution >= 4 is 34.7 Å². The number of hydrogen-bond donors (Lipinski definition) is 0. The van der Waals surface area contributed by atoms with E-state index in [4.69, 9.17) is 30.8 Å². The van der Waals surface area contributed by atoms with Gasteiger partial charge in [-0.3, -0.25) is 0 Å². The number of halogens is 1. The molecule has 3 aromatic rings. The highest BCUT2D eigenvalue weighted by atomic mass is 35.5. The van der Waals surface area contributed by atoms with Crippen LogP contribution in [0, 0.1) is 0 Å². The van der Waals surface area contributed by atoms with Crippen molar-refractivity contribution in [2.24, 2.45) is 0 Å². The first-order valence-electron chi connectivity index (χ1n) is 7.73. The molecule has 136 valence electrons. The highest BCUT2D eigenvalue weighted by Crippen LogP contribution is 2.48. The monoisotopic (exact) mass is 407 g/mol. The van der Waals surface area contributed by atoms with Gasteiger partial charge in [0.05, 0.1) is 31.9 Å². The van der Waals surface area contributed by atoms with E-state index in [1.807, 2.05) is 42.7 Å². The van der Waals surface area contributed by atoms with Crippen LogP contribution in [-0.2, 0) is 0 Å². The first-order valence-corrected chi connectivity index (χ1v) is 10.1. The fourth-order valence-corrected chi connectivity index (χ4v) is 4.36. The largest absolute Gasteiger partial charge is 0.493 e. The van der Waals surface area contributed by atoms with Gasteiger partial charge in [-0.1, -0.05) is 35.5 Å². The maximum atomic E-state index is 6.04. The predicted molar refractivity (Wildman–Crippen MR) is 109 cm³/mol. The van der Waals surface area contributed by atoms with Crippen molar-refractivity contribution in [3.63, 3.8) is 0 Å². The molecule has 1 aromatic heterocycles. The van der Waals surface area contributed by atoms with E-state index in [9.17, 15) is 0 Å². The predicted octanol–water partition coefficient (Wildman–Crippen LogP) is 5.88. The lowest BCUT2D eigenvalue weighted by Gasteiger charge is -2.15. The number of methoxy groups -OCH3 is 3. The first kappa shape index (κ1) is 18.9. The summed E-state index contributed by atoms with van der Waals surface area (Å²) in [6.07, 6.45) is 2.01. The molecule has 0 bridgehead atoms. The van der Waals surface area contributed by atoms with Crippen LogP contribution in [0.1, 0.15) is 0 Å². The number of nitrogens with zero attached hydrogens (tertiary/aromatic N) is 1. The zero-order valence-electron chi connectivity index (χ0n) is 14.8. The van der Waals surface area contributed by atoms with Gasteiger partial charge in [0.1, 0.15) is 0 Å². The van der Waals surface area contributed by atoms with Gasteiger partial charge >= 0.3 is 0 Å². The Labute approximate surface area is 166 Å². The van der Waals surface area contributed by atoms with Crippen molar-refractivity contribution in [2.75, 3.05) is 27.6 Å². The number of rotatable bonds is 6. The summed E-state index contributed by atoms with van der Waals surface area (Å²) in [7, 11) is 4.81. The Morgan fingerprint density at radius 2 is 1.62 bits per heavy atom. The number of hydrogen-bond acceptors (Lipinski definition) is 6. The Morgan fingerprint density at radius 1 is 0.923 bits per heavy atom. The molecule has 0 aliphatic heterocycles. The van der Waals surface area contributed by atoms with Gasteiger partial charge < -0.3 is 14.2 Å². The van der Waals surface area contributed by atoms with Gasteiger partial charge in [0.2, 0.25) is 5.75 Å². The molecule has 4 nitrogen and oxygen atoms in total. The van der Waals surface area contributed by atoms with E-state index < -0.39 is 0 Å². The highest BCUT2D eigenvalue weighted by molar-refractivity contribution is 8.00. The molecular formula is C19H18ClNO3S2. The third kappa shape index (κ3) is 3.49. The molecule has 0 aliphatic carbocycles. The van der Waals surface area contributed by atoms with Crippen LogP contribution in [0.15, 0.2) is 40.7 Å². The minimum atomic E-state index is 0.549. The van der Waals surface area contributed by atoms with Crippen LogP contribution in [-0.4, -0.2) is 32.6 Å². The Kier molecular flexibility index (Phi) is 5.96.